The zero-order chi connectivity index (χ0) is 15.2. The lowest BCUT2D eigenvalue weighted by Gasteiger charge is -2.06. The fourth-order valence-corrected chi connectivity index (χ4v) is 2.74. The van der Waals surface area contributed by atoms with Crippen LogP contribution < -0.4 is 5.32 Å². The van der Waals surface area contributed by atoms with Crippen LogP contribution in [0.1, 0.15) is 35.9 Å². The van der Waals surface area contributed by atoms with Crippen LogP contribution in [0.5, 0.6) is 0 Å². The van der Waals surface area contributed by atoms with Crippen molar-refractivity contribution in [3.63, 3.8) is 0 Å². The average molecular weight is 301 g/mol. The number of rotatable bonds is 6. The Morgan fingerprint density at radius 3 is 2.81 bits per heavy atom. The highest BCUT2D eigenvalue weighted by Crippen LogP contribution is 2.31. The quantitative estimate of drug-likeness (QED) is 0.822. The summed E-state index contributed by atoms with van der Waals surface area (Å²) in [7, 11) is 0. The van der Waals surface area contributed by atoms with Crippen molar-refractivity contribution >= 4 is 11.8 Å². The Morgan fingerprint density at radius 2 is 2.19 bits per heavy atom. The second-order valence-electron chi connectivity index (χ2n) is 4.84. The van der Waals surface area contributed by atoms with Gasteiger partial charge in [0.2, 0.25) is 0 Å². The van der Waals surface area contributed by atoms with E-state index in [2.05, 4.69) is 23.3 Å². The first-order chi connectivity index (χ1) is 10.1. The summed E-state index contributed by atoms with van der Waals surface area (Å²) in [5.41, 5.74) is 2.66. The number of benzene rings is 1. The normalized spacial score (nSPS) is 10.6. The van der Waals surface area contributed by atoms with Crippen molar-refractivity contribution in [3.05, 3.63) is 40.8 Å². The molecule has 1 heterocycles. The zero-order valence-electron chi connectivity index (χ0n) is 12.6. The molecule has 21 heavy (non-hydrogen) atoms. The van der Waals surface area contributed by atoms with Gasteiger partial charge in [0, 0.05) is 11.4 Å². The van der Waals surface area contributed by atoms with Crippen molar-refractivity contribution in [3.8, 4) is 6.07 Å². The molecular weight excluding hydrogens is 282 g/mol. The Kier molecular flexibility index (Phi) is 5.43. The first kappa shape index (κ1) is 15.6. The third-order valence-electron chi connectivity index (χ3n) is 3.13. The molecule has 2 aromatic rings. The van der Waals surface area contributed by atoms with Crippen LogP contribution in [0.3, 0.4) is 0 Å². The average Bonchev–Trinajstić information content (AvgIpc) is 2.79. The van der Waals surface area contributed by atoms with Crippen LogP contribution in [-0.2, 0) is 6.54 Å². The van der Waals surface area contributed by atoms with Gasteiger partial charge in [0.05, 0.1) is 11.3 Å². The summed E-state index contributed by atoms with van der Waals surface area (Å²) in [6.07, 6.45) is 1.10. The molecular formula is C16H19N3OS. The molecule has 1 aromatic carbocycles. The van der Waals surface area contributed by atoms with Gasteiger partial charge >= 0.3 is 0 Å². The van der Waals surface area contributed by atoms with Gasteiger partial charge in [-0.1, -0.05) is 13.0 Å². The molecule has 1 N–H and O–H groups in total. The third-order valence-corrected chi connectivity index (χ3v) is 4.05. The predicted octanol–water partition coefficient (Wildman–Crippen LogP) is 3.81. The van der Waals surface area contributed by atoms with Crippen molar-refractivity contribution in [1.29, 1.82) is 5.26 Å². The molecule has 1 aromatic heterocycles. The first-order valence-electron chi connectivity index (χ1n) is 6.99. The standard InChI is InChI=1S/C16H19N3OS/c1-4-7-18-10-13-5-6-15(14(8-13)9-17)21-16-19-11(2)12(3)20-16/h5-6,8,18H,4,7,10H2,1-3H3. The van der Waals surface area contributed by atoms with Gasteiger partial charge in [-0.25, -0.2) is 4.98 Å². The zero-order valence-corrected chi connectivity index (χ0v) is 13.4. The molecule has 0 spiro atoms. The molecule has 0 amide bonds. The minimum absolute atomic E-state index is 0.582. The molecule has 4 nitrogen and oxygen atoms in total. The van der Waals surface area contributed by atoms with Crippen LogP contribution in [0.2, 0.25) is 0 Å². The molecule has 0 atom stereocenters. The van der Waals surface area contributed by atoms with Gasteiger partial charge in [0.25, 0.3) is 5.22 Å². The molecule has 0 aliphatic carbocycles. The lowest BCUT2D eigenvalue weighted by molar-refractivity contribution is 0.431. The van der Waals surface area contributed by atoms with Gasteiger partial charge in [-0.15, -0.1) is 0 Å². The van der Waals surface area contributed by atoms with Crippen molar-refractivity contribution < 1.29 is 4.42 Å². The number of nitrogens with one attached hydrogen (secondary N) is 1. The van der Waals surface area contributed by atoms with Crippen LogP contribution in [0, 0.1) is 25.2 Å². The van der Waals surface area contributed by atoms with E-state index in [1.165, 1.54) is 11.8 Å². The van der Waals surface area contributed by atoms with Gasteiger partial charge in [0.15, 0.2) is 0 Å². The van der Waals surface area contributed by atoms with Gasteiger partial charge < -0.3 is 9.73 Å². The van der Waals surface area contributed by atoms with Gasteiger partial charge in [-0.3, -0.25) is 0 Å². The third kappa shape index (κ3) is 4.10. The van der Waals surface area contributed by atoms with Gasteiger partial charge in [0.1, 0.15) is 11.8 Å². The van der Waals surface area contributed by atoms with E-state index >= 15 is 0 Å². The van der Waals surface area contributed by atoms with E-state index in [1.54, 1.807) is 0 Å². The Morgan fingerprint density at radius 1 is 1.38 bits per heavy atom. The summed E-state index contributed by atoms with van der Waals surface area (Å²) < 4.78 is 5.56. The number of hydrogen-bond donors (Lipinski definition) is 1. The number of aryl methyl sites for hydroxylation is 2. The SMILES string of the molecule is CCCNCc1ccc(Sc2nc(C)c(C)o2)c(C#N)c1. The second-order valence-corrected chi connectivity index (χ2v) is 5.84. The monoisotopic (exact) mass is 301 g/mol. The molecule has 0 unspecified atom stereocenters. The molecule has 0 aliphatic heterocycles. The minimum Gasteiger partial charge on any atom is -0.436 e. The van der Waals surface area contributed by atoms with Crippen LogP contribution >= 0.6 is 11.8 Å². The fraction of sp³-hybridized carbons (Fsp3) is 0.375. The Labute approximate surface area is 129 Å². The van der Waals surface area contributed by atoms with E-state index in [-0.39, 0.29) is 0 Å². The number of hydrogen-bond acceptors (Lipinski definition) is 5. The summed E-state index contributed by atoms with van der Waals surface area (Å²) in [4.78, 5) is 5.21. The van der Waals surface area contributed by atoms with E-state index in [0.29, 0.717) is 10.8 Å². The molecule has 0 aliphatic rings. The fourth-order valence-electron chi connectivity index (χ4n) is 1.85. The summed E-state index contributed by atoms with van der Waals surface area (Å²) in [6, 6.07) is 8.17. The van der Waals surface area contributed by atoms with Crippen molar-refractivity contribution in [2.24, 2.45) is 0 Å². The molecule has 110 valence electrons. The lowest BCUT2D eigenvalue weighted by Crippen LogP contribution is -2.13. The van der Waals surface area contributed by atoms with Crippen molar-refractivity contribution in [2.45, 2.75) is 43.9 Å². The predicted molar refractivity (Wildman–Crippen MR) is 83.3 cm³/mol. The van der Waals surface area contributed by atoms with Crippen LogP contribution in [0.4, 0.5) is 0 Å². The minimum atomic E-state index is 0.582. The Hall–Kier alpha value is -1.77. The maximum atomic E-state index is 9.32. The number of aromatic nitrogens is 1. The molecule has 0 bridgehead atoms. The van der Waals surface area contributed by atoms with E-state index in [0.717, 1.165) is 41.4 Å². The number of oxazole rings is 1. The summed E-state index contributed by atoms with van der Waals surface area (Å²) in [5.74, 6) is 0.816. The summed E-state index contributed by atoms with van der Waals surface area (Å²) in [5, 5.41) is 13.2. The summed E-state index contributed by atoms with van der Waals surface area (Å²) in [6.45, 7) is 7.70. The number of nitriles is 1. The van der Waals surface area contributed by atoms with Crippen LogP contribution in [0.25, 0.3) is 0 Å². The largest absolute Gasteiger partial charge is 0.436 e. The molecule has 5 heteroatoms. The van der Waals surface area contributed by atoms with E-state index in [1.807, 2.05) is 32.0 Å². The number of nitrogens with zero attached hydrogens (tertiary/aromatic N) is 2. The van der Waals surface area contributed by atoms with Crippen LogP contribution in [0.15, 0.2) is 32.7 Å². The Balaban J connectivity index is 2.14. The van der Waals surface area contributed by atoms with E-state index in [4.69, 9.17) is 4.42 Å². The highest BCUT2D eigenvalue weighted by Gasteiger charge is 2.11. The highest BCUT2D eigenvalue weighted by atomic mass is 32.2. The summed E-state index contributed by atoms with van der Waals surface area (Å²) >= 11 is 1.39. The van der Waals surface area contributed by atoms with Gasteiger partial charge in [-0.05, 0) is 56.3 Å². The van der Waals surface area contributed by atoms with E-state index < -0.39 is 0 Å². The maximum absolute atomic E-state index is 9.32. The topological polar surface area (TPSA) is 61.9 Å². The van der Waals surface area contributed by atoms with Crippen molar-refractivity contribution in [1.82, 2.24) is 10.3 Å². The smallest absolute Gasteiger partial charge is 0.261 e. The van der Waals surface area contributed by atoms with Crippen molar-refractivity contribution in [2.75, 3.05) is 6.54 Å². The molecule has 0 radical (unpaired) electrons. The molecule has 0 fully saturated rings. The molecule has 0 saturated heterocycles. The van der Waals surface area contributed by atoms with E-state index in [9.17, 15) is 5.26 Å². The maximum Gasteiger partial charge on any atom is 0.261 e. The first-order valence-corrected chi connectivity index (χ1v) is 7.81. The lowest BCUT2D eigenvalue weighted by atomic mass is 10.1. The van der Waals surface area contributed by atoms with Gasteiger partial charge in [-0.2, -0.15) is 5.26 Å². The second kappa shape index (κ2) is 7.30. The van der Waals surface area contributed by atoms with Crippen LogP contribution in [-0.4, -0.2) is 11.5 Å². The molecule has 0 saturated carbocycles. The molecule has 2 rings (SSSR count). The Bertz CT molecular complexity index is 639. The highest BCUT2D eigenvalue weighted by molar-refractivity contribution is 7.99.